The first kappa shape index (κ1) is 12.2. The number of oxazole rings is 1. The van der Waals surface area contributed by atoms with Crippen LogP contribution in [0.4, 0.5) is 0 Å². The normalized spacial score (nSPS) is 11.1. The Morgan fingerprint density at radius 3 is 2.79 bits per heavy atom. The molecule has 19 heavy (non-hydrogen) atoms. The van der Waals surface area contributed by atoms with E-state index >= 15 is 0 Å². The summed E-state index contributed by atoms with van der Waals surface area (Å²) in [7, 11) is 0. The van der Waals surface area contributed by atoms with Gasteiger partial charge in [0, 0.05) is 6.20 Å². The van der Waals surface area contributed by atoms with Crippen molar-refractivity contribution in [1.29, 1.82) is 0 Å². The summed E-state index contributed by atoms with van der Waals surface area (Å²) in [6, 6.07) is 2.08. The second kappa shape index (κ2) is 4.66. The van der Waals surface area contributed by atoms with Crippen molar-refractivity contribution in [1.82, 2.24) is 14.5 Å². The van der Waals surface area contributed by atoms with E-state index in [0.29, 0.717) is 6.54 Å². The summed E-state index contributed by atoms with van der Waals surface area (Å²) < 4.78 is 7.80. The van der Waals surface area contributed by atoms with Crippen LogP contribution in [-0.2, 0) is 6.54 Å². The van der Waals surface area contributed by atoms with Crippen molar-refractivity contribution < 1.29 is 4.42 Å². The van der Waals surface area contributed by atoms with Crippen LogP contribution in [-0.4, -0.2) is 14.5 Å². The molecule has 0 amide bonds. The molecule has 0 atom stereocenters. The van der Waals surface area contributed by atoms with Gasteiger partial charge < -0.3 is 8.98 Å². The highest BCUT2D eigenvalue weighted by molar-refractivity contribution is 7.13. The van der Waals surface area contributed by atoms with Crippen LogP contribution in [0, 0.1) is 20.8 Å². The van der Waals surface area contributed by atoms with Crippen LogP contribution in [0.2, 0.25) is 0 Å². The summed E-state index contributed by atoms with van der Waals surface area (Å²) in [5, 5.41) is 2.06. The van der Waals surface area contributed by atoms with Gasteiger partial charge >= 0.3 is 0 Å². The van der Waals surface area contributed by atoms with E-state index in [9.17, 15) is 0 Å². The summed E-state index contributed by atoms with van der Waals surface area (Å²) >= 11 is 1.66. The Morgan fingerprint density at radius 1 is 1.32 bits per heavy atom. The zero-order valence-corrected chi connectivity index (χ0v) is 12.0. The SMILES string of the molecule is Cc1cn(Cc2nc(-c3sccc3C)oc2C)cn1. The Morgan fingerprint density at radius 2 is 2.16 bits per heavy atom. The maximum absolute atomic E-state index is 5.78. The molecule has 0 N–H and O–H groups in total. The summed E-state index contributed by atoms with van der Waals surface area (Å²) in [5.41, 5.74) is 3.17. The van der Waals surface area contributed by atoms with Gasteiger partial charge in [0.15, 0.2) is 0 Å². The van der Waals surface area contributed by atoms with E-state index in [2.05, 4.69) is 28.3 Å². The molecule has 0 aliphatic heterocycles. The van der Waals surface area contributed by atoms with E-state index in [1.807, 2.05) is 30.9 Å². The molecule has 0 aliphatic carbocycles. The fraction of sp³-hybridized carbons (Fsp3) is 0.286. The Labute approximate surface area is 115 Å². The van der Waals surface area contributed by atoms with Gasteiger partial charge in [0.1, 0.15) is 11.5 Å². The number of thiophene rings is 1. The van der Waals surface area contributed by atoms with Crippen molar-refractivity contribution >= 4 is 11.3 Å². The van der Waals surface area contributed by atoms with Crippen molar-refractivity contribution in [2.75, 3.05) is 0 Å². The smallest absolute Gasteiger partial charge is 0.237 e. The lowest BCUT2D eigenvalue weighted by Crippen LogP contribution is -1.98. The first-order valence-electron chi connectivity index (χ1n) is 6.12. The molecule has 0 unspecified atom stereocenters. The van der Waals surface area contributed by atoms with Crippen molar-refractivity contribution in [3.8, 4) is 10.8 Å². The van der Waals surface area contributed by atoms with Crippen LogP contribution >= 0.6 is 11.3 Å². The van der Waals surface area contributed by atoms with Crippen LogP contribution in [0.1, 0.15) is 22.7 Å². The Kier molecular flexibility index (Phi) is 2.98. The number of aromatic nitrogens is 3. The summed E-state index contributed by atoms with van der Waals surface area (Å²) in [5.74, 6) is 1.59. The monoisotopic (exact) mass is 273 g/mol. The minimum atomic E-state index is 0.695. The van der Waals surface area contributed by atoms with Crippen molar-refractivity contribution in [2.45, 2.75) is 27.3 Å². The van der Waals surface area contributed by atoms with Gasteiger partial charge in [0.25, 0.3) is 0 Å². The molecule has 0 spiro atoms. The molecule has 0 saturated carbocycles. The van der Waals surface area contributed by atoms with E-state index in [1.165, 1.54) is 5.56 Å². The molecule has 3 heterocycles. The Hall–Kier alpha value is -1.88. The molecule has 0 aromatic carbocycles. The van der Waals surface area contributed by atoms with Crippen molar-refractivity contribution in [3.05, 3.63) is 46.7 Å². The van der Waals surface area contributed by atoms with Crippen LogP contribution in [0.5, 0.6) is 0 Å². The lowest BCUT2D eigenvalue weighted by molar-refractivity contribution is 0.539. The predicted octanol–water partition coefficient (Wildman–Crippen LogP) is 3.57. The molecule has 98 valence electrons. The van der Waals surface area contributed by atoms with Gasteiger partial charge in [-0.3, -0.25) is 0 Å². The van der Waals surface area contributed by atoms with Gasteiger partial charge in [0.05, 0.1) is 23.4 Å². The van der Waals surface area contributed by atoms with E-state index in [-0.39, 0.29) is 0 Å². The average molecular weight is 273 g/mol. The molecular formula is C14H15N3OS. The third-order valence-electron chi connectivity index (χ3n) is 3.04. The molecule has 4 nitrogen and oxygen atoms in total. The minimum Gasteiger partial charge on any atom is -0.440 e. The largest absolute Gasteiger partial charge is 0.440 e. The van der Waals surface area contributed by atoms with Gasteiger partial charge in [-0.05, 0) is 37.8 Å². The number of rotatable bonds is 3. The van der Waals surface area contributed by atoms with E-state index < -0.39 is 0 Å². The molecular weight excluding hydrogens is 258 g/mol. The Balaban J connectivity index is 1.92. The number of imidazole rings is 1. The first-order chi connectivity index (χ1) is 9.13. The Bertz CT molecular complexity index is 708. The molecule has 5 heteroatoms. The highest BCUT2D eigenvalue weighted by Crippen LogP contribution is 2.29. The summed E-state index contributed by atoms with van der Waals surface area (Å²) in [4.78, 5) is 9.94. The summed E-state index contributed by atoms with van der Waals surface area (Å²) in [6.07, 6.45) is 3.82. The van der Waals surface area contributed by atoms with E-state index in [0.717, 1.165) is 27.9 Å². The molecule has 3 aromatic rings. The molecule has 0 saturated heterocycles. The zero-order chi connectivity index (χ0) is 13.4. The zero-order valence-electron chi connectivity index (χ0n) is 11.2. The third kappa shape index (κ3) is 2.33. The predicted molar refractivity (Wildman–Crippen MR) is 75.4 cm³/mol. The van der Waals surface area contributed by atoms with Crippen LogP contribution in [0.25, 0.3) is 10.8 Å². The van der Waals surface area contributed by atoms with Crippen molar-refractivity contribution in [3.63, 3.8) is 0 Å². The van der Waals surface area contributed by atoms with E-state index in [1.54, 1.807) is 11.3 Å². The third-order valence-corrected chi connectivity index (χ3v) is 4.05. The maximum atomic E-state index is 5.78. The summed E-state index contributed by atoms with van der Waals surface area (Å²) in [6.45, 7) is 6.70. The molecule has 3 aromatic heterocycles. The molecule has 0 fully saturated rings. The standard InChI is InChI=1S/C14H15N3OS/c1-9-4-5-19-13(9)14-16-12(11(3)18-14)7-17-6-10(2)15-8-17/h4-6,8H,7H2,1-3H3. The highest BCUT2D eigenvalue weighted by atomic mass is 32.1. The molecule has 0 radical (unpaired) electrons. The molecule has 3 rings (SSSR count). The van der Waals surface area contributed by atoms with Crippen molar-refractivity contribution in [2.24, 2.45) is 0 Å². The maximum Gasteiger partial charge on any atom is 0.237 e. The van der Waals surface area contributed by atoms with Gasteiger partial charge in [-0.2, -0.15) is 0 Å². The quantitative estimate of drug-likeness (QED) is 0.732. The lowest BCUT2D eigenvalue weighted by atomic mass is 10.3. The average Bonchev–Trinajstić information content (AvgIpc) is 3.03. The van der Waals surface area contributed by atoms with Crippen LogP contribution in [0.15, 0.2) is 28.4 Å². The molecule has 0 bridgehead atoms. The van der Waals surface area contributed by atoms with Gasteiger partial charge in [-0.25, -0.2) is 9.97 Å². The number of hydrogen-bond donors (Lipinski definition) is 0. The lowest BCUT2D eigenvalue weighted by Gasteiger charge is -1.97. The second-order valence-corrected chi connectivity index (χ2v) is 5.56. The number of nitrogens with zero attached hydrogens (tertiary/aromatic N) is 3. The van der Waals surface area contributed by atoms with Crippen LogP contribution < -0.4 is 0 Å². The topological polar surface area (TPSA) is 43.9 Å². The van der Waals surface area contributed by atoms with Gasteiger partial charge in [-0.15, -0.1) is 11.3 Å². The fourth-order valence-corrected chi connectivity index (χ4v) is 2.85. The van der Waals surface area contributed by atoms with E-state index in [4.69, 9.17) is 4.42 Å². The van der Waals surface area contributed by atoms with Gasteiger partial charge in [-0.1, -0.05) is 0 Å². The minimum absolute atomic E-state index is 0.695. The molecule has 0 aliphatic rings. The number of aryl methyl sites for hydroxylation is 3. The highest BCUT2D eigenvalue weighted by Gasteiger charge is 2.14. The van der Waals surface area contributed by atoms with Gasteiger partial charge in [0.2, 0.25) is 5.89 Å². The first-order valence-corrected chi connectivity index (χ1v) is 7.00. The number of hydrogen-bond acceptors (Lipinski definition) is 4. The fourth-order valence-electron chi connectivity index (χ4n) is 1.99. The second-order valence-electron chi connectivity index (χ2n) is 4.64. The van der Waals surface area contributed by atoms with Crippen LogP contribution in [0.3, 0.4) is 0 Å².